The largest absolute Gasteiger partial charge is 0.508 e. The average Bonchev–Trinajstić information content (AvgIpc) is 2.90. The highest BCUT2D eigenvalue weighted by atomic mass is 28.4. The van der Waals surface area contributed by atoms with E-state index in [4.69, 9.17) is 18.6 Å². The summed E-state index contributed by atoms with van der Waals surface area (Å²) < 4.78 is 28.1. The lowest BCUT2D eigenvalue weighted by molar-refractivity contribution is -0.154. The van der Waals surface area contributed by atoms with Crippen molar-refractivity contribution < 1.29 is 28.2 Å². The molecule has 1 heterocycles. The zero-order valence-corrected chi connectivity index (χ0v) is 17.0. The highest BCUT2D eigenvalue weighted by Gasteiger charge is 2.52. The molecular formula is C17H30O6Si. The maximum Gasteiger partial charge on any atom is 0.508 e. The second-order valence-corrected chi connectivity index (χ2v) is 13.2. The fourth-order valence-electron chi connectivity index (χ4n) is 2.59. The van der Waals surface area contributed by atoms with Crippen LogP contribution in [0.4, 0.5) is 4.79 Å². The molecule has 1 aliphatic carbocycles. The third-order valence-electron chi connectivity index (χ3n) is 5.00. The van der Waals surface area contributed by atoms with Crippen LogP contribution in [0.1, 0.15) is 34.6 Å². The molecule has 0 spiro atoms. The van der Waals surface area contributed by atoms with E-state index in [1.54, 1.807) is 0 Å². The van der Waals surface area contributed by atoms with Crippen LogP contribution in [-0.2, 0) is 23.4 Å². The highest BCUT2D eigenvalue weighted by Crippen LogP contribution is 2.41. The third-order valence-corrected chi connectivity index (χ3v) is 9.48. The van der Waals surface area contributed by atoms with E-state index in [2.05, 4.69) is 38.6 Å². The van der Waals surface area contributed by atoms with Gasteiger partial charge in [-0.05, 0) is 43.6 Å². The summed E-state index contributed by atoms with van der Waals surface area (Å²) in [5, 5.41) is 0.125. The lowest BCUT2D eigenvalue weighted by Gasteiger charge is -2.36. The smallest absolute Gasteiger partial charge is 0.438 e. The number of hydrogen-bond acceptors (Lipinski definition) is 6. The Morgan fingerprint density at radius 1 is 1.29 bits per heavy atom. The molecule has 2 rings (SSSR count). The van der Waals surface area contributed by atoms with Crippen molar-refractivity contribution in [2.24, 2.45) is 0 Å². The summed E-state index contributed by atoms with van der Waals surface area (Å²) in [6.07, 6.45) is -0.0112. The van der Waals surface area contributed by atoms with E-state index in [0.717, 1.165) is 5.57 Å². The second kappa shape index (κ2) is 6.44. The molecule has 2 aliphatic rings. The molecule has 7 heteroatoms. The van der Waals surface area contributed by atoms with Gasteiger partial charge in [0.15, 0.2) is 20.2 Å². The summed E-state index contributed by atoms with van der Waals surface area (Å²) in [6.45, 7) is 15.2. The van der Waals surface area contributed by atoms with Crippen molar-refractivity contribution in [3.63, 3.8) is 0 Å². The van der Waals surface area contributed by atoms with Crippen LogP contribution < -0.4 is 0 Å². The van der Waals surface area contributed by atoms with Crippen molar-refractivity contribution in [2.45, 2.75) is 76.8 Å². The van der Waals surface area contributed by atoms with E-state index in [1.807, 2.05) is 19.9 Å². The lowest BCUT2D eigenvalue weighted by atomic mass is 10.1. The molecule has 1 saturated heterocycles. The minimum absolute atomic E-state index is 0.125. The molecule has 138 valence electrons. The van der Waals surface area contributed by atoms with Gasteiger partial charge in [0.1, 0.15) is 12.2 Å². The fourth-order valence-corrected chi connectivity index (χ4v) is 3.55. The molecule has 0 saturated carbocycles. The molecular weight excluding hydrogens is 328 g/mol. The lowest BCUT2D eigenvalue weighted by Crippen LogP contribution is -2.42. The van der Waals surface area contributed by atoms with Crippen molar-refractivity contribution in [1.29, 1.82) is 0 Å². The van der Waals surface area contributed by atoms with Crippen molar-refractivity contribution >= 4 is 14.5 Å². The number of fused-ring (bicyclic) bond motifs is 1. The monoisotopic (exact) mass is 358 g/mol. The first-order valence-corrected chi connectivity index (χ1v) is 11.2. The number of hydrogen-bond donors (Lipinski definition) is 0. The summed E-state index contributed by atoms with van der Waals surface area (Å²) >= 11 is 0. The van der Waals surface area contributed by atoms with Crippen molar-refractivity contribution in [1.82, 2.24) is 0 Å². The van der Waals surface area contributed by atoms with Crippen LogP contribution in [-0.4, -0.2) is 52.3 Å². The van der Waals surface area contributed by atoms with E-state index in [-0.39, 0.29) is 17.2 Å². The normalized spacial score (nSPS) is 29.2. The molecule has 0 unspecified atom stereocenters. The van der Waals surface area contributed by atoms with Gasteiger partial charge < -0.3 is 23.4 Å². The third kappa shape index (κ3) is 4.01. The molecule has 1 aliphatic heterocycles. The van der Waals surface area contributed by atoms with Gasteiger partial charge in [-0.25, -0.2) is 4.79 Å². The first-order valence-electron chi connectivity index (χ1n) is 8.31. The molecule has 24 heavy (non-hydrogen) atoms. The van der Waals surface area contributed by atoms with Gasteiger partial charge in [-0.1, -0.05) is 20.8 Å². The summed E-state index contributed by atoms with van der Waals surface area (Å²) in [5.41, 5.74) is 0.962. The van der Waals surface area contributed by atoms with Gasteiger partial charge in [0, 0.05) is 0 Å². The molecule has 6 nitrogen and oxygen atoms in total. The standard InChI is InChI=1S/C17H30O6Si/c1-16(2,3)24(7,8)20-10-11-9-12(21-15(18)19-6)14-13(11)22-17(4,5)23-14/h9,12-14H,10H2,1-8H3/t12-,13-,14+/m1/s1. The maximum atomic E-state index is 11.5. The molecule has 0 amide bonds. The predicted octanol–water partition coefficient (Wildman–Crippen LogP) is 3.62. The van der Waals surface area contributed by atoms with Crippen LogP contribution in [0, 0.1) is 0 Å². The summed E-state index contributed by atoms with van der Waals surface area (Å²) in [5.74, 6) is -0.719. The Balaban J connectivity index is 2.12. The Kier molecular flexibility index (Phi) is 5.21. The Morgan fingerprint density at radius 2 is 1.92 bits per heavy atom. The van der Waals surface area contributed by atoms with Crippen LogP contribution in [0.15, 0.2) is 11.6 Å². The Morgan fingerprint density at radius 3 is 2.46 bits per heavy atom. The second-order valence-electron chi connectivity index (χ2n) is 8.35. The zero-order valence-electron chi connectivity index (χ0n) is 16.0. The van der Waals surface area contributed by atoms with Crippen LogP contribution >= 0.6 is 0 Å². The minimum atomic E-state index is -1.88. The molecule has 0 aromatic carbocycles. The number of ether oxygens (including phenoxy) is 4. The number of carbonyl (C=O) groups excluding carboxylic acids is 1. The van der Waals surface area contributed by atoms with Crippen LogP contribution in [0.2, 0.25) is 18.1 Å². The SMILES string of the molecule is COC(=O)O[C@@H]1C=C(CO[Si](C)(C)C(C)(C)C)[C@H]2OC(C)(C)O[C@H]21. The molecule has 0 aromatic rings. The van der Waals surface area contributed by atoms with E-state index >= 15 is 0 Å². The highest BCUT2D eigenvalue weighted by molar-refractivity contribution is 6.74. The first kappa shape index (κ1) is 19.4. The van der Waals surface area contributed by atoms with Crippen molar-refractivity contribution in [3.8, 4) is 0 Å². The van der Waals surface area contributed by atoms with Gasteiger partial charge >= 0.3 is 6.16 Å². The average molecular weight is 359 g/mol. The van der Waals surface area contributed by atoms with Gasteiger partial charge in [-0.2, -0.15) is 0 Å². The molecule has 0 radical (unpaired) electrons. The van der Waals surface area contributed by atoms with Crippen LogP contribution in [0.5, 0.6) is 0 Å². The Bertz CT molecular complexity index is 520. The maximum absolute atomic E-state index is 11.5. The molecule has 1 fully saturated rings. The number of carbonyl (C=O) groups is 1. The molecule has 0 bridgehead atoms. The molecule has 0 aromatic heterocycles. The van der Waals surface area contributed by atoms with Gasteiger partial charge in [0.05, 0.1) is 13.7 Å². The Hall–Kier alpha value is -0.893. The van der Waals surface area contributed by atoms with E-state index < -0.39 is 26.4 Å². The summed E-state index contributed by atoms with van der Waals surface area (Å²) in [6, 6.07) is 0. The van der Waals surface area contributed by atoms with Crippen molar-refractivity contribution in [2.75, 3.05) is 13.7 Å². The van der Waals surface area contributed by atoms with Gasteiger partial charge in [-0.15, -0.1) is 0 Å². The van der Waals surface area contributed by atoms with Crippen LogP contribution in [0.25, 0.3) is 0 Å². The number of rotatable bonds is 4. The number of methoxy groups -OCH3 is 1. The quantitative estimate of drug-likeness (QED) is 0.434. The topological polar surface area (TPSA) is 63.2 Å². The first-order chi connectivity index (χ1) is 10.9. The predicted molar refractivity (Wildman–Crippen MR) is 92.3 cm³/mol. The van der Waals surface area contributed by atoms with Gasteiger partial charge in [-0.3, -0.25) is 0 Å². The van der Waals surface area contributed by atoms with E-state index in [0.29, 0.717) is 6.61 Å². The summed E-state index contributed by atoms with van der Waals surface area (Å²) in [7, 11) is -0.595. The van der Waals surface area contributed by atoms with Gasteiger partial charge in [0.25, 0.3) is 0 Å². The van der Waals surface area contributed by atoms with Crippen molar-refractivity contribution in [3.05, 3.63) is 11.6 Å². The van der Waals surface area contributed by atoms with E-state index in [1.165, 1.54) is 7.11 Å². The van der Waals surface area contributed by atoms with Crippen LogP contribution in [0.3, 0.4) is 0 Å². The minimum Gasteiger partial charge on any atom is -0.438 e. The van der Waals surface area contributed by atoms with Gasteiger partial charge in [0.2, 0.25) is 0 Å². The zero-order chi connectivity index (χ0) is 18.3. The molecule has 0 N–H and O–H groups in total. The van der Waals surface area contributed by atoms with E-state index in [9.17, 15) is 4.79 Å². The molecule has 3 atom stereocenters. The summed E-state index contributed by atoms with van der Waals surface area (Å²) in [4.78, 5) is 11.5. The Labute approximate surface area is 145 Å². The fraction of sp³-hybridized carbons (Fsp3) is 0.824.